The Labute approximate surface area is 383 Å². The maximum atomic E-state index is 14.6. The highest BCUT2D eigenvalue weighted by atomic mass is 35.5. The molecule has 2 fully saturated rings. The van der Waals surface area contributed by atoms with Gasteiger partial charge in [-0.1, -0.05) is 23.2 Å². The molecule has 2 aromatic heterocycles. The summed E-state index contributed by atoms with van der Waals surface area (Å²) < 4.78 is 139. The number of sulfonamides is 2. The molecule has 4 atom stereocenters. The van der Waals surface area contributed by atoms with Gasteiger partial charge >= 0.3 is 0 Å². The van der Waals surface area contributed by atoms with E-state index in [2.05, 4.69) is 30.0 Å². The van der Waals surface area contributed by atoms with Gasteiger partial charge in [-0.3, -0.25) is 19.0 Å². The molecule has 2 aliphatic rings. The second-order valence-electron chi connectivity index (χ2n) is 14.4. The predicted octanol–water partition coefficient (Wildman–Crippen LogP) is 7.93. The number of likely N-dealkylation sites (N-methyl/N-ethyl adjacent to an activating group) is 2. The average molecular weight is 1030 g/mol. The Morgan fingerprint density at radius 2 is 1.02 bits per heavy atom. The molecule has 6 N–H and O–H groups in total. The summed E-state index contributed by atoms with van der Waals surface area (Å²) in [7, 11) is -1.66. The predicted molar refractivity (Wildman–Crippen MR) is 233 cm³/mol. The van der Waals surface area contributed by atoms with Gasteiger partial charge in [-0.15, -0.1) is 22.7 Å². The minimum Gasteiger partial charge on any atom is -0.483 e. The number of carbonyl (C=O) groups is 2. The summed E-state index contributed by atoms with van der Waals surface area (Å²) in [6, 6.07) is 2.17. The maximum Gasteiger partial charge on any atom is 0.290 e. The Kier molecular flexibility index (Phi) is 19.7. The third kappa shape index (κ3) is 15.5. The van der Waals surface area contributed by atoms with Crippen LogP contribution in [0.1, 0.15) is 38.5 Å². The summed E-state index contributed by atoms with van der Waals surface area (Å²) in [5.41, 5.74) is 0.305. The molecular formula is C36H44Cl2F6N8O8S4. The second kappa shape index (κ2) is 23.3. The molecular weight excluding hydrogens is 986 g/mol. The number of aromatic nitrogens is 2. The first kappa shape index (κ1) is 54.2. The number of hydrogen-bond donors (Lipinski definition) is 6. The highest BCUT2D eigenvalue weighted by Crippen LogP contribution is 2.40. The molecule has 2 aliphatic carbocycles. The van der Waals surface area contributed by atoms with Crippen molar-refractivity contribution in [3.8, 4) is 0 Å². The van der Waals surface area contributed by atoms with Gasteiger partial charge in [0.1, 0.15) is 21.4 Å². The monoisotopic (exact) mass is 1030 g/mol. The fourth-order valence-electron chi connectivity index (χ4n) is 6.62. The van der Waals surface area contributed by atoms with Crippen molar-refractivity contribution in [3.63, 3.8) is 0 Å². The lowest BCUT2D eigenvalue weighted by atomic mass is 9.86. The summed E-state index contributed by atoms with van der Waals surface area (Å²) in [6.07, 6.45) is 1.91. The van der Waals surface area contributed by atoms with E-state index in [1.807, 2.05) is 0 Å². The number of thiazole rings is 2. The van der Waals surface area contributed by atoms with E-state index in [0.29, 0.717) is 0 Å². The molecule has 0 amide bonds. The van der Waals surface area contributed by atoms with Crippen LogP contribution in [0.5, 0.6) is 0 Å². The van der Waals surface area contributed by atoms with Crippen LogP contribution in [-0.2, 0) is 29.6 Å². The van der Waals surface area contributed by atoms with Crippen molar-refractivity contribution in [1.82, 2.24) is 19.8 Å². The summed E-state index contributed by atoms with van der Waals surface area (Å²) in [6.45, 7) is -0.500. The Morgan fingerprint density at radius 1 is 0.688 bits per heavy atom. The van der Waals surface area contributed by atoms with Crippen LogP contribution in [0.2, 0.25) is 10.0 Å². The van der Waals surface area contributed by atoms with E-state index in [9.17, 15) is 43.2 Å². The molecule has 2 saturated carbocycles. The van der Waals surface area contributed by atoms with Crippen molar-refractivity contribution >= 4 is 101 Å². The third-order valence-corrected chi connectivity index (χ3v) is 14.5. The van der Waals surface area contributed by atoms with E-state index in [0.717, 1.165) is 46.9 Å². The number of benzene rings is 2. The first-order valence-electron chi connectivity index (χ1n) is 18.4. The number of nitrogens with one attached hydrogen (secondary N) is 4. The number of alkyl halides is 4. The van der Waals surface area contributed by atoms with E-state index >= 15 is 0 Å². The van der Waals surface area contributed by atoms with Crippen LogP contribution >= 0.6 is 45.9 Å². The molecule has 16 nitrogen and oxygen atoms in total. The second-order valence-corrected chi connectivity index (χ2v) is 20.3. The lowest BCUT2D eigenvalue weighted by Crippen LogP contribution is -2.50. The van der Waals surface area contributed by atoms with Crippen molar-refractivity contribution < 1.29 is 63.0 Å². The highest BCUT2D eigenvalue weighted by molar-refractivity contribution is 7.93. The molecule has 0 saturated heterocycles. The van der Waals surface area contributed by atoms with Crippen molar-refractivity contribution in [2.75, 3.05) is 48.3 Å². The van der Waals surface area contributed by atoms with Gasteiger partial charge in [-0.05, 0) is 65.3 Å². The molecule has 0 spiro atoms. The Bertz CT molecular complexity index is 2210. The molecule has 2 aromatic carbocycles. The first-order valence-corrected chi connectivity index (χ1v) is 23.9. The molecule has 0 bridgehead atoms. The lowest BCUT2D eigenvalue weighted by molar-refractivity contribution is -0.123. The molecule has 28 heteroatoms. The molecule has 4 aromatic rings. The summed E-state index contributed by atoms with van der Waals surface area (Å²) in [5, 5.41) is 23.1. The van der Waals surface area contributed by atoms with Gasteiger partial charge in [0.25, 0.3) is 33.0 Å². The number of rotatable bonds is 12. The van der Waals surface area contributed by atoms with Gasteiger partial charge in [0, 0.05) is 73.0 Å². The van der Waals surface area contributed by atoms with E-state index < -0.39 is 77.5 Å². The molecule has 0 aliphatic heterocycles. The van der Waals surface area contributed by atoms with Gasteiger partial charge in [-0.25, -0.2) is 53.1 Å². The molecule has 0 radical (unpaired) electrons. The summed E-state index contributed by atoms with van der Waals surface area (Å²) >= 11 is 14.5. The molecule has 1 unspecified atom stereocenters. The van der Waals surface area contributed by atoms with Crippen molar-refractivity contribution in [3.05, 3.63) is 69.1 Å². The van der Waals surface area contributed by atoms with E-state index in [1.165, 1.54) is 12.4 Å². The van der Waals surface area contributed by atoms with Crippen LogP contribution in [0.3, 0.4) is 0 Å². The van der Waals surface area contributed by atoms with Crippen LogP contribution in [0.4, 0.5) is 48.0 Å². The summed E-state index contributed by atoms with van der Waals surface area (Å²) in [5.74, 6) is -7.55. The van der Waals surface area contributed by atoms with Crippen LogP contribution in [0.25, 0.3) is 0 Å². The van der Waals surface area contributed by atoms with E-state index in [4.69, 9.17) is 43.0 Å². The smallest absolute Gasteiger partial charge is 0.290 e. The largest absolute Gasteiger partial charge is 0.483 e. The zero-order valence-corrected chi connectivity index (χ0v) is 38.9. The number of halogens is 8. The quantitative estimate of drug-likeness (QED) is 0.0586. The minimum absolute atomic E-state index is 0.0271. The normalized spacial score (nSPS) is 20.2. The Morgan fingerprint density at radius 3 is 1.30 bits per heavy atom. The third-order valence-electron chi connectivity index (χ3n) is 9.53. The topological polar surface area (TPSA) is 223 Å². The Balaban J connectivity index is 0.000000303. The van der Waals surface area contributed by atoms with Gasteiger partial charge in [0.05, 0.1) is 21.4 Å². The fraction of sp³-hybridized carbons (Fsp3) is 0.444. The zero-order valence-electron chi connectivity index (χ0n) is 34.1. The first-order chi connectivity index (χ1) is 29.8. The highest BCUT2D eigenvalue weighted by Gasteiger charge is 2.44. The molecule has 2 heterocycles. The van der Waals surface area contributed by atoms with Crippen molar-refractivity contribution in [2.24, 2.45) is 0 Å². The number of nitrogens with zero attached hydrogens (tertiary/aromatic N) is 4. The zero-order chi connectivity index (χ0) is 48.2. The van der Waals surface area contributed by atoms with Gasteiger partial charge in [0.2, 0.25) is 11.8 Å². The molecule has 6 rings (SSSR count). The SMILES string of the molecule is CN(C)C1CC(F)(F)CC[C@H]1Nc1cc(F)c(S(=O)(=O)Nc2nccs2)cc1Cl.CN(C)[C@H]1CC(F)(F)CC[C@@H]1Nc1cc(F)c(S(=O)(=O)Nc2nccs2)cc1Cl.O=CO.O=CO. The maximum absolute atomic E-state index is 14.6. The van der Waals surface area contributed by atoms with E-state index in [-0.39, 0.29) is 83.2 Å². The van der Waals surface area contributed by atoms with Gasteiger partial charge in [-0.2, -0.15) is 0 Å². The minimum atomic E-state index is -4.22. The summed E-state index contributed by atoms with van der Waals surface area (Å²) in [4.78, 5) is 26.5. The average Bonchev–Trinajstić information content (AvgIpc) is 3.90. The Hall–Kier alpha value is -4.18. The fourth-order valence-corrected chi connectivity index (χ4v) is 10.9. The molecule has 356 valence electrons. The van der Waals surface area contributed by atoms with Crippen molar-refractivity contribution in [2.45, 2.75) is 84.3 Å². The molecule has 64 heavy (non-hydrogen) atoms. The standard InChI is InChI=1S/2C17H20ClF3N4O2S2.2CH2O2/c2*1-25(2)14-9-17(20,21)4-3-12(14)23-13-8-11(19)15(7-10(13)18)29(26,27)24-16-22-5-6-28-16;2*2-1-3/h2*5-8,12,14,23H,3-4,9H2,1-2H3,(H,22,24);2*1H,(H,2,3)/t12-,14?;12-,14-;;/m10../s1. The number of carboxylic acid groups (broad SMARTS) is 2. The van der Waals surface area contributed by atoms with Crippen LogP contribution in [0, 0.1) is 11.6 Å². The van der Waals surface area contributed by atoms with Crippen LogP contribution in [-0.4, -0.2) is 124 Å². The van der Waals surface area contributed by atoms with Crippen LogP contribution in [0.15, 0.2) is 57.2 Å². The van der Waals surface area contributed by atoms with Crippen molar-refractivity contribution in [1.29, 1.82) is 0 Å². The van der Waals surface area contributed by atoms with E-state index in [1.54, 1.807) is 48.8 Å². The van der Waals surface area contributed by atoms with Gasteiger partial charge < -0.3 is 30.6 Å². The number of hydrogen-bond acceptors (Lipinski definition) is 14. The lowest BCUT2D eigenvalue weighted by Gasteiger charge is -2.40. The van der Waals surface area contributed by atoms with Crippen LogP contribution < -0.4 is 20.1 Å². The number of anilines is 4. The van der Waals surface area contributed by atoms with Gasteiger partial charge in [0.15, 0.2) is 10.3 Å².